The van der Waals surface area contributed by atoms with Crippen LogP contribution < -0.4 is 11.7 Å². The molecule has 0 aromatic heterocycles. The van der Waals surface area contributed by atoms with Gasteiger partial charge < -0.3 is 11.7 Å². The summed E-state index contributed by atoms with van der Waals surface area (Å²) in [7, 11) is 0. The minimum absolute atomic E-state index is 0.869. The van der Waals surface area contributed by atoms with Gasteiger partial charge in [0.25, 0.3) is 0 Å². The van der Waals surface area contributed by atoms with Gasteiger partial charge >= 0.3 is 0 Å². The molecule has 0 aromatic carbocycles. The molecule has 4 nitrogen and oxygen atoms in total. The van der Waals surface area contributed by atoms with E-state index in [4.69, 9.17) is 11.7 Å². The topological polar surface area (TPSA) is 76.8 Å². The molecule has 1 saturated carbocycles. The highest BCUT2D eigenvalue weighted by Crippen LogP contribution is 2.11. The third-order valence-corrected chi connectivity index (χ3v) is 1.72. The molecule has 0 bridgehead atoms. The van der Waals surface area contributed by atoms with E-state index >= 15 is 0 Å². The van der Waals surface area contributed by atoms with E-state index in [9.17, 15) is 0 Å². The smallest absolute Gasteiger partial charge is 0.0832 e. The van der Waals surface area contributed by atoms with Gasteiger partial charge in [-0.2, -0.15) is 10.2 Å². The molecule has 0 aliphatic heterocycles. The second kappa shape index (κ2) is 3.20. The highest BCUT2D eigenvalue weighted by atomic mass is 15.2. The highest BCUT2D eigenvalue weighted by molar-refractivity contribution is 6.42. The molecule has 0 atom stereocenters. The van der Waals surface area contributed by atoms with Crippen molar-refractivity contribution in [2.75, 3.05) is 0 Å². The van der Waals surface area contributed by atoms with E-state index in [0.29, 0.717) is 0 Å². The van der Waals surface area contributed by atoms with E-state index < -0.39 is 0 Å². The summed E-state index contributed by atoms with van der Waals surface area (Å²) in [5.41, 5.74) is 1.74. The van der Waals surface area contributed by atoms with Crippen molar-refractivity contribution in [2.24, 2.45) is 21.9 Å². The summed E-state index contributed by atoms with van der Waals surface area (Å²) in [6.45, 7) is 0. The first-order chi connectivity index (χ1) is 4.88. The number of rotatable bonds is 0. The maximum absolute atomic E-state index is 5.12. The van der Waals surface area contributed by atoms with Gasteiger partial charge in [-0.25, -0.2) is 0 Å². The van der Waals surface area contributed by atoms with Crippen LogP contribution in [0.25, 0.3) is 0 Å². The van der Waals surface area contributed by atoms with Crippen LogP contribution in [0.1, 0.15) is 25.7 Å². The summed E-state index contributed by atoms with van der Waals surface area (Å²) in [6.07, 6.45) is 4.14. The number of nitrogens with zero attached hydrogens (tertiary/aromatic N) is 2. The Kier molecular flexibility index (Phi) is 2.25. The second-order valence-corrected chi connectivity index (χ2v) is 2.36. The molecule has 4 N–H and O–H groups in total. The van der Waals surface area contributed by atoms with Crippen LogP contribution in [0.3, 0.4) is 0 Å². The van der Waals surface area contributed by atoms with Gasteiger partial charge in [0.1, 0.15) is 0 Å². The number of hydrazone groups is 2. The van der Waals surface area contributed by atoms with Gasteiger partial charge in [0.15, 0.2) is 0 Å². The molecule has 1 rings (SSSR count). The van der Waals surface area contributed by atoms with Crippen molar-refractivity contribution in [3.8, 4) is 0 Å². The van der Waals surface area contributed by atoms with Gasteiger partial charge in [-0.15, -0.1) is 0 Å². The summed E-state index contributed by atoms with van der Waals surface area (Å²) in [6, 6.07) is 0. The van der Waals surface area contributed by atoms with E-state index in [1.165, 1.54) is 0 Å². The molecular weight excluding hydrogens is 128 g/mol. The summed E-state index contributed by atoms with van der Waals surface area (Å²) < 4.78 is 0. The van der Waals surface area contributed by atoms with Crippen LogP contribution in [0.2, 0.25) is 0 Å². The second-order valence-electron chi connectivity index (χ2n) is 2.36. The first-order valence-corrected chi connectivity index (χ1v) is 3.42. The predicted molar refractivity (Wildman–Crippen MR) is 41.7 cm³/mol. The minimum atomic E-state index is 0.869. The largest absolute Gasteiger partial charge is 0.323 e. The van der Waals surface area contributed by atoms with E-state index in [-0.39, 0.29) is 0 Å². The first kappa shape index (κ1) is 7.05. The Balaban J connectivity index is 2.69. The Morgan fingerprint density at radius 1 is 0.900 bits per heavy atom. The molecule has 0 heterocycles. The van der Waals surface area contributed by atoms with Crippen LogP contribution in [-0.4, -0.2) is 11.4 Å². The fraction of sp³-hybridized carbons (Fsp3) is 0.667. The Hall–Kier alpha value is -1.06. The highest BCUT2D eigenvalue weighted by Gasteiger charge is 2.13. The van der Waals surface area contributed by atoms with E-state index in [1.807, 2.05) is 0 Å². The quantitative estimate of drug-likeness (QED) is 0.372. The normalized spacial score (nSPS) is 27.6. The zero-order valence-corrected chi connectivity index (χ0v) is 5.88. The predicted octanol–water partition coefficient (Wildman–Crippen LogP) is 0.190. The summed E-state index contributed by atoms with van der Waals surface area (Å²) >= 11 is 0. The van der Waals surface area contributed by atoms with Gasteiger partial charge in [0.2, 0.25) is 0 Å². The maximum atomic E-state index is 5.12. The van der Waals surface area contributed by atoms with Crippen molar-refractivity contribution < 1.29 is 0 Å². The Labute approximate surface area is 60.0 Å². The number of hydrogen-bond donors (Lipinski definition) is 2. The molecule has 1 aliphatic carbocycles. The van der Waals surface area contributed by atoms with Gasteiger partial charge in [-0.05, 0) is 25.7 Å². The molecular formula is C6H12N4. The molecule has 0 radical (unpaired) electrons. The molecule has 0 amide bonds. The molecule has 10 heavy (non-hydrogen) atoms. The van der Waals surface area contributed by atoms with Gasteiger partial charge in [0, 0.05) is 0 Å². The lowest BCUT2D eigenvalue weighted by molar-refractivity contribution is 0.772. The van der Waals surface area contributed by atoms with Gasteiger partial charge in [0.05, 0.1) is 11.4 Å². The van der Waals surface area contributed by atoms with Crippen molar-refractivity contribution in [3.63, 3.8) is 0 Å². The standard InChI is InChI=1S/C6H12N4/c7-9-5-3-1-2-4-6(5)10-8/h1-4,7-8H2. The lowest BCUT2D eigenvalue weighted by Crippen LogP contribution is -2.21. The molecule has 1 aliphatic rings. The molecule has 0 unspecified atom stereocenters. The average Bonchev–Trinajstić information content (AvgIpc) is 2.04. The van der Waals surface area contributed by atoms with Gasteiger partial charge in [-0.1, -0.05) is 0 Å². The number of hydrogen-bond acceptors (Lipinski definition) is 4. The van der Waals surface area contributed by atoms with Crippen molar-refractivity contribution in [3.05, 3.63) is 0 Å². The Morgan fingerprint density at radius 2 is 1.30 bits per heavy atom. The maximum Gasteiger partial charge on any atom is 0.0832 e. The van der Waals surface area contributed by atoms with Crippen molar-refractivity contribution >= 4 is 11.4 Å². The monoisotopic (exact) mass is 140 g/mol. The summed E-state index contributed by atoms with van der Waals surface area (Å²) in [5.74, 6) is 10.2. The average molecular weight is 140 g/mol. The summed E-state index contributed by atoms with van der Waals surface area (Å²) in [4.78, 5) is 0. The van der Waals surface area contributed by atoms with E-state index in [0.717, 1.165) is 37.1 Å². The van der Waals surface area contributed by atoms with Gasteiger partial charge in [-0.3, -0.25) is 0 Å². The van der Waals surface area contributed by atoms with Crippen LogP contribution in [-0.2, 0) is 0 Å². The van der Waals surface area contributed by atoms with E-state index in [2.05, 4.69) is 10.2 Å². The third kappa shape index (κ3) is 1.26. The molecule has 0 saturated heterocycles. The molecule has 0 spiro atoms. The molecule has 0 aromatic rings. The Morgan fingerprint density at radius 3 is 1.60 bits per heavy atom. The SMILES string of the molecule is NN=C1CCCCC1=NN. The zero-order chi connectivity index (χ0) is 7.40. The van der Waals surface area contributed by atoms with Crippen LogP contribution in [0.15, 0.2) is 10.2 Å². The van der Waals surface area contributed by atoms with Crippen LogP contribution in [0.4, 0.5) is 0 Å². The fourth-order valence-electron chi connectivity index (χ4n) is 1.15. The van der Waals surface area contributed by atoms with Crippen LogP contribution in [0.5, 0.6) is 0 Å². The number of nitrogens with two attached hydrogens (primary N) is 2. The van der Waals surface area contributed by atoms with Crippen molar-refractivity contribution in [1.82, 2.24) is 0 Å². The van der Waals surface area contributed by atoms with Crippen molar-refractivity contribution in [2.45, 2.75) is 25.7 Å². The molecule has 1 fully saturated rings. The van der Waals surface area contributed by atoms with Crippen LogP contribution in [0, 0.1) is 0 Å². The van der Waals surface area contributed by atoms with E-state index in [1.54, 1.807) is 0 Å². The lowest BCUT2D eigenvalue weighted by atomic mass is 9.96. The molecule has 4 heteroatoms. The Bertz CT molecular complexity index is 151. The first-order valence-electron chi connectivity index (χ1n) is 3.42. The fourth-order valence-corrected chi connectivity index (χ4v) is 1.15. The van der Waals surface area contributed by atoms with Crippen molar-refractivity contribution in [1.29, 1.82) is 0 Å². The molecule has 56 valence electrons. The minimum Gasteiger partial charge on any atom is -0.323 e. The third-order valence-electron chi connectivity index (χ3n) is 1.72. The summed E-state index contributed by atoms with van der Waals surface area (Å²) in [5, 5.41) is 7.21. The zero-order valence-electron chi connectivity index (χ0n) is 5.88. The lowest BCUT2D eigenvalue weighted by Gasteiger charge is -2.12. The van der Waals surface area contributed by atoms with Crippen LogP contribution >= 0.6 is 0 Å².